The molecule has 2 aliphatic carbocycles. The molecule has 0 N–H and O–H groups in total. The standard InChI is InChI=1S/C29H28F4N6O2S2/c1-4-38(43(3,41)25-16-37(2)17-35-25)22-8-5-19-11-23-18(14-36-39(23)21-9-6-20(30)7-10-21)12-28(19,13-22)26(40)27-34-15-24(42-27)29(31,32)33/h6-7,9-11,14-17,22H,3-5,8,12-13H2,1-2H3/t22-,28-,43?/m0/s1. The van der Waals surface area contributed by atoms with Gasteiger partial charge in [-0.2, -0.15) is 18.3 Å². The molecule has 1 saturated carbocycles. The molecule has 0 bridgehead atoms. The molecule has 0 aliphatic heterocycles. The van der Waals surface area contributed by atoms with E-state index in [2.05, 4.69) is 20.9 Å². The second-order valence-electron chi connectivity index (χ2n) is 10.9. The van der Waals surface area contributed by atoms with Crippen molar-refractivity contribution in [2.45, 2.75) is 49.9 Å². The lowest BCUT2D eigenvalue weighted by Crippen LogP contribution is -2.50. The number of halogens is 4. The van der Waals surface area contributed by atoms with Crippen LogP contribution in [-0.2, 0) is 29.4 Å². The summed E-state index contributed by atoms with van der Waals surface area (Å²) < 4.78 is 73.3. The average Bonchev–Trinajstić information content (AvgIpc) is 3.72. The Balaban J connectivity index is 1.44. The molecule has 3 aromatic heterocycles. The SMILES string of the molecule is C=S(=O)(c1cn(C)cn1)N(CC)[C@H]1CCC2=Cc3c(cnn3-c3ccc(F)cc3)C[C@]2(C(=O)c2ncc(C(F)(F)F)s2)C1. The zero-order chi connectivity index (χ0) is 30.7. The van der Waals surface area contributed by atoms with Crippen molar-refractivity contribution in [3.8, 4) is 5.69 Å². The van der Waals surface area contributed by atoms with Gasteiger partial charge >= 0.3 is 6.18 Å². The van der Waals surface area contributed by atoms with Gasteiger partial charge in [-0.25, -0.2) is 27.6 Å². The number of carbonyl (C=O) groups excluding carboxylic acids is 1. The molecule has 2 aliphatic rings. The van der Waals surface area contributed by atoms with E-state index < -0.39 is 32.0 Å². The van der Waals surface area contributed by atoms with Gasteiger partial charge in [0.25, 0.3) is 0 Å². The summed E-state index contributed by atoms with van der Waals surface area (Å²) in [4.78, 5) is 21.6. The van der Waals surface area contributed by atoms with E-state index in [0.29, 0.717) is 47.6 Å². The van der Waals surface area contributed by atoms with Crippen LogP contribution in [0.1, 0.15) is 52.1 Å². The van der Waals surface area contributed by atoms with E-state index in [-0.39, 0.29) is 29.7 Å². The Hall–Kier alpha value is -3.62. The van der Waals surface area contributed by atoms with Crippen LogP contribution in [0.15, 0.2) is 59.8 Å². The third-order valence-electron chi connectivity index (χ3n) is 8.23. The fourth-order valence-corrected chi connectivity index (χ4v) is 8.90. The van der Waals surface area contributed by atoms with E-state index in [9.17, 15) is 26.6 Å². The first-order valence-electron chi connectivity index (χ1n) is 13.6. The molecule has 0 spiro atoms. The van der Waals surface area contributed by atoms with Gasteiger partial charge in [0.1, 0.15) is 10.7 Å². The molecule has 8 nitrogen and oxygen atoms in total. The zero-order valence-corrected chi connectivity index (χ0v) is 25.0. The van der Waals surface area contributed by atoms with Crippen LogP contribution in [0, 0.1) is 11.2 Å². The van der Waals surface area contributed by atoms with Gasteiger partial charge in [0.2, 0.25) is 5.78 Å². The number of carbonyl (C=O) groups is 1. The Labute approximate surface area is 249 Å². The van der Waals surface area contributed by atoms with E-state index in [4.69, 9.17) is 0 Å². The predicted molar refractivity (Wildman–Crippen MR) is 156 cm³/mol. The number of nitrogens with zero attached hydrogens (tertiary/aromatic N) is 6. The van der Waals surface area contributed by atoms with E-state index in [1.807, 2.05) is 13.0 Å². The number of allylic oxidation sites excluding steroid dienone is 1. The van der Waals surface area contributed by atoms with Gasteiger partial charge in [-0.3, -0.25) is 4.79 Å². The summed E-state index contributed by atoms with van der Waals surface area (Å²) >= 11 is 0.333. The largest absolute Gasteiger partial charge is 0.427 e. The number of hydrogen-bond donors (Lipinski definition) is 0. The van der Waals surface area contributed by atoms with Gasteiger partial charge in [0.15, 0.2) is 10.0 Å². The van der Waals surface area contributed by atoms with Gasteiger partial charge in [0.05, 0.1) is 45.2 Å². The maximum Gasteiger partial charge on any atom is 0.427 e. The van der Waals surface area contributed by atoms with Crippen molar-refractivity contribution in [3.05, 3.63) is 81.7 Å². The van der Waals surface area contributed by atoms with Crippen LogP contribution in [-0.4, -0.2) is 57.1 Å². The second-order valence-corrected chi connectivity index (χ2v) is 14.1. The van der Waals surface area contributed by atoms with Crippen molar-refractivity contribution >= 4 is 38.8 Å². The van der Waals surface area contributed by atoms with Crippen LogP contribution in [0.4, 0.5) is 17.6 Å². The van der Waals surface area contributed by atoms with Gasteiger partial charge in [-0.1, -0.05) is 12.5 Å². The summed E-state index contributed by atoms with van der Waals surface area (Å²) in [5.41, 5.74) is 1.59. The molecule has 0 saturated heterocycles. The van der Waals surface area contributed by atoms with Crippen LogP contribution >= 0.6 is 11.3 Å². The number of ketones is 1. The smallest absolute Gasteiger partial charge is 0.339 e. The molecule has 1 unspecified atom stereocenters. The molecule has 3 heterocycles. The third kappa shape index (κ3) is 5.04. The maximum atomic E-state index is 14.3. The lowest BCUT2D eigenvalue weighted by molar-refractivity contribution is -0.134. The molecule has 0 radical (unpaired) electrons. The molecule has 14 heteroatoms. The fraction of sp³-hybridized carbons (Fsp3) is 0.345. The number of fused-ring (bicyclic) bond motifs is 2. The van der Waals surface area contributed by atoms with E-state index in [1.165, 1.54) is 12.1 Å². The summed E-state index contributed by atoms with van der Waals surface area (Å²) in [5.74, 6) is 3.15. The first-order chi connectivity index (χ1) is 20.3. The lowest BCUT2D eigenvalue weighted by Gasteiger charge is -2.46. The van der Waals surface area contributed by atoms with Crippen LogP contribution in [0.3, 0.4) is 0 Å². The highest BCUT2D eigenvalue weighted by atomic mass is 32.2. The van der Waals surface area contributed by atoms with Gasteiger partial charge in [-0.15, -0.1) is 11.3 Å². The fourth-order valence-electron chi connectivity index (χ4n) is 6.21. The Morgan fingerprint density at radius 3 is 2.60 bits per heavy atom. The number of alkyl halides is 3. The van der Waals surface area contributed by atoms with E-state index in [1.54, 1.807) is 51.5 Å². The van der Waals surface area contributed by atoms with E-state index >= 15 is 0 Å². The van der Waals surface area contributed by atoms with Crippen molar-refractivity contribution in [1.29, 1.82) is 0 Å². The van der Waals surface area contributed by atoms with Crippen LogP contribution in [0.25, 0.3) is 11.8 Å². The first-order valence-corrected chi connectivity index (χ1v) is 16.1. The number of aromatic nitrogens is 5. The zero-order valence-electron chi connectivity index (χ0n) is 23.3. The number of Topliss-reactive ketones (excluding diaryl/α,β-unsaturated/α-hetero) is 1. The third-order valence-corrected chi connectivity index (χ3v) is 11.4. The molecular weight excluding hydrogens is 604 g/mol. The quantitative estimate of drug-likeness (QED) is 0.151. The molecule has 1 aromatic carbocycles. The minimum atomic E-state index is -4.63. The minimum Gasteiger partial charge on any atom is -0.339 e. The normalized spacial score (nSPS) is 21.7. The highest BCUT2D eigenvalue weighted by Gasteiger charge is 2.52. The molecule has 226 valence electrons. The summed E-state index contributed by atoms with van der Waals surface area (Å²) in [5, 5.41) is 4.60. The topological polar surface area (TPSA) is 85.9 Å². The predicted octanol–water partition coefficient (Wildman–Crippen LogP) is 5.59. The number of benzene rings is 1. The maximum absolute atomic E-state index is 14.3. The monoisotopic (exact) mass is 632 g/mol. The van der Waals surface area contributed by atoms with Gasteiger partial charge < -0.3 is 4.57 Å². The Bertz CT molecular complexity index is 1840. The average molecular weight is 633 g/mol. The molecule has 4 aromatic rings. The molecule has 0 amide bonds. The minimum absolute atomic E-state index is 0.172. The number of hydrogen-bond acceptors (Lipinski definition) is 6. The van der Waals surface area contributed by atoms with E-state index in [0.717, 1.165) is 16.8 Å². The molecule has 3 atom stereocenters. The molecule has 43 heavy (non-hydrogen) atoms. The Morgan fingerprint density at radius 1 is 1.23 bits per heavy atom. The summed E-state index contributed by atoms with van der Waals surface area (Å²) in [6, 6.07) is 5.47. The van der Waals surface area contributed by atoms with Gasteiger partial charge in [0, 0.05) is 25.8 Å². The number of aryl methyl sites for hydroxylation is 1. The van der Waals surface area contributed by atoms with Crippen molar-refractivity contribution in [3.63, 3.8) is 0 Å². The Kier molecular flexibility index (Phi) is 7.21. The molecule has 1 fully saturated rings. The summed E-state index contributed by atoms with van der Waals surface area (Å²) in [6.45, 7) is 2.21. The van der Waals surface area contributed by atoms with Crippen LogP contribution in [0.5, 0.6) is 0 Å². The Morgan fingerprint density at radius 2 is 1.98 bits per heavy atom. The van der Waals surface area contributed by atoms with Crippen LogP contribution < -0.4 is 0 Å². The second kappa shape index (κ2) is 10.5. The molecular formula is C29H28F4N6O2S2. The van der Waals surface area contributed by atoms with Crippen molar-refractivity contribution in [2.24, 2.45) is 12.5 Å². The highest BCUT2D eigenvalue weighted by Crippen LogP contribution is 2.52. The number of thiazole rings is 1. The summed E-state index contributed by atoms with van der Waals surface area (Å²) in [7, 11) is -1.27. The van der Waals surface area contributed by atoms with Crippen LogP contribution in [0.2, 0.25) is 0 Å². The summed E-state index contributed by atoms with van der Waals surface area (Å²) in [6.07, 6.45) is 4.11. The van der Waals surface area contributed by atoms with Crippen molar-refractivity contribution < 1.29 is 26.6 Å². The first kappa shape index (κ1) is 29.5. The van der Waals surface area contributed by atoms with Gasteiger partial charge in [-0.05, 0) is 67.5 Å². The molecule has 6 rings (SSSR count). The highest BCUT2D eigenvalue weighted by molar-refractivity contribution is 7.98. The number of imidazole rings is 1. The van der Waals surface area contributed by atoms with Crippen molar-refractivity contribution in [2.75, 3.05) is 6.54 Å². The number of rotatable bonds is 7. The lowest BCUT2D eigenvalue weighted by atomic mass is 9.61. The van der Waals surface area contributed by atoms with Crippen molar-refractivity contribution in [1.82, 2.24) is 28.6 Å².